The first-order valence-corrected chi connectivity index (χ1v) is 10.6. The van der Waals surface area contributed by atoms with Gasteiger partial charge in [-0.1, -0.05) is 0 Å². The first kappa shape index (κ1) is 18.0. The van der Waals surface area contributed by atoms with Gasteiger partial charge in [0.25, 0.3) is 0 Å². The van der Waals surface area contributed by atoms with Crippen LogP contribution in [0.5, 0.6) is 5.75 Å². The summed E-state index contributed by atoms with van der Waals surface area (Å²) in [5.74, 6) is 1.17. The van der Waals surface area contributed by atoms with Gasteiger partial charge in [-0.3, -0.25) is 9.69 Å². The van der Waals surface area contributed by atoms with Crippen molar-refractivity contribution in [3.05, 3.63) is 36.0 Å². The van der Waals surface area contributed by atoms with E-state index in [4.69, 9.17) is 4.74 Å². The van der Waals surface area contributed by atoms with Crippen LogP contribution in [-0.2, 0) is 27.8 Å². The number of ether oxygens (including phenoxy) is 1. The van der Waals surface area contributed by atoms with Crippen LogP contribution in [0.4, 0.5) is 5.82 Å². The topological polar surface area (TPSA) is 93.5 Å². The Hall–Kier alpha value is -2.39. The van der Waals surface area contributed by atoms with Gasteiger partial charge in [-0.05, 0) is 43.5 Å². The largest absolute Gasteiger partial charge is 0.493 e. The van der Waals surface area contributed by atoms with Gasteiger partial charge in [0.2, 0.25) is 15.9 Å². The lowest BCUT2D eigenvalue weighted by atomic mass is 10.1. The molecule has 1 atom stereocenters. The molecule has 0 radical (unpaired) electrons. The van der Waals surface area contributed by atoms with Crippen molar-refractivity contribution < 1.29 is 17.9 Å². The fourth-order valence-electron chi connectivity index (χ4n) is 3.60. The Morgan fingerprint density at radius 1 is 1.33 bits per heavy atom. The van der Waals surface area contributed by atoms with Gasteiger partial charge in [0, 0.05) is 25.6 Å². The fraction of sp³-hybridized carbons (Fsp3) is 0.444. The summed E-state index contributed by atoms with van der Waals surface area (Å²) >= 11 is 0. The molecule has 1 aromatic heterocycles. The maximum atomic E-state index is 12.9. The summed E-state index contributed by atoms with van der Waals surface area (Å²) in [5.41, 5.74) is 0.876. The number of hydrogen-bond donors (Lipinski definition) is 1. The monoisotopic (exact) mass is 390 g/mol. The Labute approximate surface area is 158 Å². The highest BCUT2D eigenvalue weighted by Crippen LogP contribution is 2.28. The average Bonchev–Trinajstić information content (AvgIpc) is 3.31. The number of carbonyl (C=O) groups excluding carboxylic acids is 1. The second-order valence-corrected chi connectivity index (χ2v) is 8.39. The lowest BCUT2D eigenvalue weighted by Crippen LogP contribution is -2.52. The summed E-state index contributed by atoms with van der Waals surface area (Å²) in [6.07, 6.45) is 3.52. The highest BCUT2D eigenvalue weighted by atomic mass is 32.2. The number of fused-ring (bicyclic) bond motifs is 1. The van der Waals surface area contributed by atoms with Crippen molar-refractivity contribution >= 4 is 21.7 Å². The van der Waals surface area contributed by atoms with E-state index in [1.54, 1.807) is 34.0 Å². The van der Waals surface area contributed by atoms with Crippen LogP contribution < -0.4 is 14.4 Å². The summed E-state index contributed by atoms with van der Waals surface area (Å²) in [6.45, 7) is 3.70. The third kappa shape index (κ3) is 3.32. The molecule has 2 aliphatic rings. The molecule has 0 spiro atoms. The molecule has 1 saturated heterocycles. The van der Waals surface area contributed by atoms with Crippen LogP contribution in [0.2, 0.25) is 0 Å². The van der Waals surface area contributed by atoms with Crippen LogP contribution in [0.1, 0.15) is 25.3 Å². The second-order valence-electron chi connectivity index (χ2n) is 6.68. The Morgan fingerprint density at radius 2 is 2.19 bits per heavy atom. The maximum Gasteiger partial charge on any atom is 0.246 e. The van der Waals surface area contributed by atoms with Crippen molar-refractivity contribution in [2.24, 2.45) is 0 Å². The predicted molar refractivity (Wildman–Crippen MR) is 99.2 cm³/mol. The lowest BCUT2D eigenvalue weighted by Gasteiger charge is -2.32. The van der Waals surface area contributed by atoms with E-state index in [2.05, 4.69) is 9.82 Å². The zero-order valence-corrected chi connectivity index (χ0v) is 15.9. The van der Waals surface area contributed by atoms with Gasteiger partial charge in [-0.25, -0.2) is 13.1 Å². The molecule has 2 aliphatic heterocycles. The van der Waals surface area contributed by atoms with E-state index in [0.717, 1.165) is 11.3 Å². The first-order valence-electron chi connectivity index (χ1n) is 9.11. The van der Waals surface area contributed by atoms with Crippen molar-refractivity contribution in [2.45, 2.75) is 43.7 Å². The molecule has 0 bridgehead atoms. The minimum Gasteiger partial charge on any atom is -0.493 e. The quantitative estimate of drug-likeness (QED) is 0.831. The molecule has 0 aliphatic carbocycles. The van der Waals surface area contributed by atoms with Crippen molar-refractivity contribution in [1.29, 1.82) is 0 Å². The van der Waals surface area contributed by atoms with Crippen LogP contribution in [0.15, 0.2) is 35.4 Å². The number of aryl methyl sites for hydroxylation is 1. The number of sulfonamides is 1. The highest BCUT2D eigenvalue weighted by molar-refractivity contribution is 7.89. The van der Waals surface area contributed by atoms with Crippen LogP contribution in [0.25, 0.3) is 0 Å². The van der Waals surface area contributed by atoms with Gasteiger partial charge in [0.05, 0.1) is 17.7 Å². The number of amides is 1. The Balaban J connectivity index is 1.55. The Morgan fingerprint density at radius 3 is 3.00 bits per heavy atom. The summed E-state index contributed by atoms with van der Waals surface area (Å²) in [4.78, 5) is 14.7. The fourth-order valence-corrected chi connectivity index (χ4v) is 4.87. The van der Waals surface area contributed by atoms with E-state index >= 15 is 0 Å². The molecule has 2 aromatic rings. The van der Waals surface area contributed by atoms with Crippen LogP contribution in [0, 0.1) is 0 Å². The number of rotatable bonds is 5. The van der Waals surface area contributed by atoms with Crippen LogP contribution in [-0.4, -0.2) is 43.3 Å². The molecule has 0 saturated carbocycles. The van der Waals surface area contributed by atoms with Crippen molar-refractivity contribution in [1.82, 2.24) is 14.5 Å². The SMILES string of the molecule is CCn1nccc1N1CCC[C@@H](NS(=O)(=O)c2ccc3c(c2)CCO3)C1=O. The Bertz CT molecular complexity index is 969. The molecule has 1 N–H and O–H groups in total. The van der Waals surface area contributed by atoms with E-state index in [1.165, 1.54) is 6.07 Å². The third-order valence-corrected chi connectivity index (χ3v) is 6.45. The van der Waals surface area contributed by atoms with E-state index in [9.17, 15) is 13.2 Å². The molecule has 3 heterocycles. The molecule has 1 amide bonds. The minimum atomic E-state index is -3.80. The average molecular weight is 390 g/mol. The zero-order chi connectivity index (χ0) is 19.0. The predicted octanol–water partition coefficient (Wildman–Crippen LogP) is 1.31. The van der Waals surface area contributed by atoms with E-state index in [1.807, 2.05) is 6.92 Å². The summed E-state index contributed by atoms with van der Waals surface area (Å²) in [6, 6.07) is 5.81. The van der Waals surface area contributed by atoms with Gasteiger partial charge in [-0.2, -0.15) is 9.82 Å². The summed E-state index contributed by atoms with van der Waals surface area (Å²) in [5, 5.41) is 4.20. The summed E-state index contributed by atoms with van der Waals surface area (Å²) in [7, 11) is -3.80. The zero-order valence-electron chi connectivity index (χ0n) is 15.1. The molecule has 4 rings (SSSR count). The molecule has 144 valence electrons. The van der Waals surface area contributed by atoms with Crippen LogP contribution in [0.3, 0.4) is 0 Å². The lowest BCUT2D eigenvalue weighted by molar-refractivity contribution is -0.121. The number of nitrogens with one attached hydrogen (secondary N) is 1. The molecule has 0 unspecified atom stereocenters. The van der Waals surface area contributed by atoms with Crippen molar-refractivity contribution in [3.63, 3.8) is 0 Å². The van der Waals surface area contributed by atoms with Gasteiger partial charge >= 0.3 is 0 Å². The maximum absolute atomic E-state index is 12.9. The second kappa shape index (κ2) is 6.97. The van der Waals surface area contributed by atoms with E-state index in [0.29, 0.717) is 44.8 Å². The number of nitrogens with zero attached hydrogens (tertiary/aromatic N) is 3. The number of anilines is 1. The first-order chi connectivity index (χ1) is 13.0. The number of aromatic nitrogens is 2. The number of hydrogen-bond acceptors (Lipinski definition) is 5. The van der Waals surface area contributed by atoms with Crippen molar-refractivity contribution in [2.75, 3.05) is 18.1 Å². The number of benzene rings is 1. The highest BCUT2D eigenvalue weighted by Gasteiger charge is 2.34. The van der Waals surface area contributed by atoms with Gasteiger partial charge in [-0.15, -0.1) is 0 Å². The molecule has 9 heteroatoms. The van der Waals surface area contributed by atoms with Crippen LogP contribution >= 0.6 is 0 Å². The number of piperidine rings is 1. The molecule has 1 fully saturated rings. The standard InChI is InChI=1S/C18H22N4O4S/c1-2-22-17(7-9-19-22)21-10-3-4-15(18(21)23)20-27(24,25)14-5-6-16-13(12-14)8-11-26-16/h5-7,9,12,15,20H,2-4,8,10-11H2,1H3/t15-/m1/s1. The number of carbonyl (C=O) groups is 1. The molecule has 1 aromatic carbocycles. The third-order valence-electron chi connectivity index (χ3n) is 4.98. The van der Waals surface area contributed by atoms with E-state index in [-0.39, 0.29) is 10.8 Å². The van der Waals surface area contributed by atoms with Gasteiger partial charge in [0.15, 0.2) is 0 Å². The van der Waals surface area contributed by atoms with Gasteiger partial charge < -0.3 is 4.74 Å². The minimum absolute atomic E-state index is 0.162. The van der Waals surface area contributed by atoms with Crippen molar-refractivity contribution in [3.8, 4) is 5.75 Å². The van der Waals surface area contributed by atoms with E-state index < -0.39 is 16.1 Å². The summed E-state index contributed by atoms with van der Waals surface area (Å²) < 4.78 is 35.4. The Kier molecular flexibility index (Phi) is 4.65. The smallest absolute Gasteiger partial charge is 0.246 e. The van der Waals surface area contributed by atoms with Gasteiger partial charge in [0.1, 0.15) is 17.6 Å². The molecular weight excluding hydrogens is 368 g/mol. The molecule has 8 nitrogen and oxygen atoms in total. The normalized spacial score (nSPS) is 19.8. The molecule has 27 heavy (non-hydrogen) atoms. The molecular formula is C18H22N4O4S.